The lowest BCUT2D eigenvalue weighted by Crippen LogP contribution is -2.27. The van der Waals surface area contributed by atoms with Gasteiger partial charge in [0, 0.05) is 24.2 Å². The molecule has 1 N–H and O–H groups in total. The van der Waals surface area contributed by atoms with E-state index in [4.69, 9.17) is 16.4 Å². The van der Waals surface area contributed by atoms with Crippen LogP contribution in [0, 0.1) is 0 Å². The van der Waals surface area contributed by atoms with E-state index >= 15 is 0 Å². The van der Waals surface area contributed by atoms with Crippen LogP contribution in [0.1, 0.15) is 15.9 Å². The number of rotatable bonds is 6. The summed E-state index contributed by atoms with van der Waals surface area (Å²) in [6, 6.07) is 12.9. The molecule has 0 radical (unpaired) electrons. The minimum absolute atomic E-state index is 0.0257. The third-order valence-corrected chi connectivity index (χ3v) is 5.24. The Hall–Kier alpha value is -1.93. The van der Waals surface area contributed by atoms with Gasteiger partial charge in [-0.1, -0.05) is 34.3 Å². The SMILES string of the molecule is CON(C)S(=O)(=O)c1cccc(C(=O)NCc2cccc(Cl)c2)c1. The second-order valence-corrected chi connectivity index (χ2v) is 7.31. The first-order valence-corrected chi connectivity index (χ1v) is 8.82. The van der Waals surface area contributed by atoms with Gasteiger partial charge in [0.2, 0.25) is 0 Å². The monoisotopic (exact) mass is 368 g/mol. The molecule has 0 fully saturated rings. The predicted octanol–water partition coefficient (Wildman–Crippen LogP) is 2.45. The fourth-order valence-corrected chi connectivity index (χ4v) is 3.21. The summed E-state index contributed by atoms with van der Waals surface area (Å²) in [5.41, 5.74) is 1.08. The van der Waals surface area contributed by atoms with Crippen LogP contribution in [-0.4, -0.2) is 33.0 Å². The van der Waals surface area contributed by atoms with Gasteiger partial charge in [-0.2, -0.15) is 0 Å². The number of hydroxylamine groups is 1. The van der Waals surface area contributed by atoms with E-state index in [1.807, 2.05) is 6.07 Å². The molecule has 8 heteroatoms. The Morgan fingerprint density at radius 3 is 2.58 bits per heavy atom. The Labute approximate surface area is 146 Å². The van der Waals surface area contributed by atoms with E-state index in [0.717, 1.165) is 10.0 Å². The van der Waals surface area contributed by atoms with E-state index in [2.05, 4.69) is 5.32 Å². The van der Waals surface area contributed by atoms with Crippen LogP contribution >= 0.6 is 11.6 Å². The Morgan fingerprint density at radius 2 is 1.92 bits per heavy atom. The summed E-state index contributed by atoms with van der Waals surface area (Å²) in [7, 11) is -1.28. The molecular weight excluding hydrogens is 352 g/mol. The van der Waals surface area contributed by atoms with Gasteiger partial charge in [0.15, 0.2) is 0 Å². The molecule has 0 heterocycles. The molecule has 2 aromatic carbocycles. The summed E-state index contributed by atoms with van der Waals surface area (Å²) >= 11 is 5.90. The molecule has 0 spiro atoms. The predicted molar refractivity (Wildman–Crippen MR) is 91.0 cm³/mol. The summed E-state index contributed by atoms with van der Waals surface area (Å²) in [4.78, 5) is 16.9. The topological polar surface area (TPSA) is 75.7 Å². The van der Waals surface area contributed by atoms with Crippen LogP contribution in [0.5, 0.6) is 0 Å². The summed E-state index contributed by atoms with van der Waals surface area (Å²) in [5.74, 6) is -0.382. The van der Waals surface area contributed by atoms with Crippen molar-refractivity contribution in [2.24, 2.45) is 0 Å². The smallest absolute Gasteiger partial charge is 0.264 e. The molecule has 0 saturated heterocycles. The maximum Gasteiger partial charge on any atom is 0.264 e. The molecule has 24 heavy (non-hydrogen) atoms. The molecule has 0 aliphatic carbocycles. The van der Waals surface area contributed by atoms with Crippen molar-refractivity contribution in [3.63, 3.8) is 0 Å². The Bertz CT molecular complexity index is 839. The lowest BCUT2D eigenvalue weighted by atomic mass is 10.2. The molecule has 1 amide bonds. The molecule has 0 bridgehead atoms. The third-order valence-electron chi connectivity index (χ3n) is 3.33. The first-order chi connectivity index (χ1) is 11.3. The largest absolute Gasteiger partial charge is 0.348 e. The number of carbonyl (C=O) groups excluding carboxylic acids is 1. The molecule has 128 valence electrons. The Balaban J connectivity index is 2.15. The zero-order valence-corrected chi connectivity index (χ0v) is 14.8. The van der Waals surface area contributed by atoms with E-state index in [1.165, 1.54) is 32.4 Å². The summed E-state index contributed by atoms with van der Waals surface area (Å²) in [6.07, 6.45) is 0. The molecule has 0 aliphatic rings. The summed E-state index contributed by atoms with van der Waals surface area (Å²) < 4.78 is 25.2. The van der Waals surface area contributed by atoms with Crippen LogP contribution in [0.2, 0.25) is 5.02 Å². The molecular formula is C16H17ClN2O4S. The number of amides is 1. The highest BCUT2D eigenvalue weighted by Gasteiger charge is 2.21. The molecule has 0 unspecified atom stereocenters. The molecule has 0 aromatic heterocycles. The van der Waals surface area contributed by atoms with Gasteiger partial charge in [-0.15, -0.1) is 0 Å². The van der Waals surface area contributed by atoms with Crippen LogP contribution < -0.4 is 5.32 Å². The average Bonchev–Trinajstić information content (AvgIpc) is 2.59. The van der Waals surface area contributed by atoms with Crippen molar-refractivity contribution in [2.75, 3.05) is 14.2 Å². The zero-order valence-electron chi connectivity index (χ0n) is 13.2. The van der Waals surface area contributed by atoms with Gasteiger partial charge >= 0.3 is 0 Å². The Kier molecular flexibility index (Phi) is 5.95. The third kappa shape index (κ3) is 4.33. The Morgan fingerprint density at radius 1 is 1.21 bits per heavy atom. The van der Waals surface area contributed by atoms with Gasteiger partial charge in [-0.25, -0.2) is 8.42 Å². The molecule has 2 aromatic rings. The number of carbonyl (C=O) groups is 1. The number of nitrogens with one attached hydrogen (secondary N) is 1. The van der Waals surface area contributed by atoms with Crippen LogP contribution in [0.25, 0.3) is 0 Å². The lowest BCUT2D eigenvalue weighted by molar-refractivity contribution is -0.0258. The van der Waals surface area contributed by atoms with Crippen LogP contribution in [0.15, 0.2) is 53.4 Å². The molecule has 2 rings (SSSR count). The zero-order chi connectivity index (χ0) is 17.7. The van der Waals surface area contributed by atoms with E-state index in [-0.39, 0.29) is 22.9 Å². The first-order valence-electron chi connectivity index (χ1n) is 7.00. The maximum atomic E-state index is 12.2. The second kappa shape index (κ2) is 7.76. The average molecular weight is 369 g/mol. The van der Waals surface area contributed by atoms with Crippen molar-refractivity contribution in [2.45, 2.75) is 11.4 Å². The number of halogens is 1. The van der Waals surface area contributed by atoms with Gasteiger partial charge in [0.05, 0.1) is 12.0 Å². The number of sulfonamides is 1. The number of nitrogens with zero attached hydrogens (tertiary/aromatic N) is 1. The van der Waals surface area contributed by atoms with Crippen LogP contribution in [0.3, 0.4) is 0 Å². The van der Waals surface area contributed by atoms with Crippen LogP contribution in [-0.2, 0) is 21.4 Å². The van der Waals surface area contributed by atoms with Crippen molar-refractivity contribution in [3.05, 3.63) is 64.7 Å². The highest BCUT2D eigenvalue weighted by atomic mass is 35.5. The van der Waals surface area contributed by atoms with Gasteiger partial charge < -0.3 is 5.32 Å². The van der Waals surface area contributed by atoms with Crippen molar-refractivity contribution >= 4 is 27.5 Å². The molecule has 0 saturated carbocycles. The summed E-state index contributed by atoms with van der Waals surface area (Å²) in [5, 5.41) is 3.31. The van der Waals surface area contributed by atoms with Gasteiger partial charge in [-0.3, -0.25) is 9.63 Å². The van der Waals surface area contributed by atoms with Crippen molar-refractivity contribution in [1.82, 2.24) is 9.79 Å². The number of benzene rings is 2. The van der Waals surface area contributed by atoms with Crippen molar-refractivity contribution in [3.8, 4) is 0 Å². The van der Waals surface area contributed by atoms with Crippen molar-refractivity contribution < 1.29 is 18.0 Å². The molecule has 0 aliphatic heterocycles. The molecule has 6 nitrogen and oxygen atoms in total. The quantitative estimate of drug-likeness (QED) is 0.795. The van der Waals surface area contributed by atoms with Gasteiger partial charge in [0.25, 0.3) is 15.9 Å². The fraction of sp³-hybridized carbons (Fsp3) is 0.188. The minimum Gasteiger partial charge on any atom is -0.348 e. The normalized spacial score (nSPS) is 11.5. The number of hydrogen-bond donors (Lipinski definition) is 1. The maximum absolute atomic E-state index is 12.2. The van der Waals surface area contributed by atoms with E-state index in [9.17, 15) is 13.2 Å². The van der Waals surface area contributed by atoms with Gasteiger partial charge in [0.1, 0.15) is 0 Å². The molecule has 0 atom stereocenters. The second-order valence-electron chi connectivity index (χ2n) is 4.94. The standard InChI is InChI=1S/C16H17ClN2O4S/c1-19(23-2)24(21,22)15-8-4-6-13(10-15)16(20)18-11-12-5-3-7-14(17)9-12/h3-10H,11H2,1-2H3,(H,18,20). The highest BCUT2D eigenvalue weighted by molar-refractivity contribution is 7.89. The van der Waals surface area contributed by atoms with E-state index in [1.54, 1.807) is 24.3 Å². The number of hydrogen-bond acceptors (Lipinski definition) is 4. The van der Waals surface area contributed by atoms with Gasteiger partial charge in [-0.05, 0) is 35.9 Å². The first kappa shape index (κ1) is 18.4. The van der Waals surface area contributed by atoms with Crippen LogP contribution in [0.4, 0.5) is 0 Å². The van der Waals surface area contributed by atoms with E-state index < -0.39 is 10.0 Å². The van der Waals surface area contributed by atoms with E-state index in [0.29, 0.717) is 5.02 Å². The van der Waals surface area contributed by atoms with Crippen molar-refractivity contribution in [1.29, 1.82) is 0 Å². The summed E-state index contributed by atoms with van der Waals surface area (Å²) in [6.45, 7) is 0.286. The lowest BCUT2D eigenvalue weighted by Gasteiger charge is -2.14. The highest BCUT2D eigenvalue weighted by Crippen LogP contribution is 2.16. The minimum atomic E-state index is -3.80. The fourth-order valence-electron chi connectivity index (χ4n) is 1.98.